The number of rotatable bonds is 13. The van der Waals surface area contributed by atoms with E-state index in [1.807, 2.05) is 34.6 Å². The zero-order valence-corrected chi connectivity index (χ0v) is 15.3. The third-order valence-electron chi connectivity index (χ3n) is 2.17. The maximum atomic E-state index is 6.03. The average molecular weight is 325 g/mol. The fraction of sp³-hybridized carbons (Fsp3) is 0.833. The first-order valence-electron chi connectivity index (χ1n) is 7.10. The molecule has 6 nitrogen and oxygen atoms in total. The highest BCUT2D eigenvalue weighted by molar-refractivity contribution is 6.75. The van der Waals surface area contributed by atoms with Gasteiger partial charge in [-0.05, 0) is 40.3 Å². The van der Waals surface area contributed by atoms with Crippen LogP contribution in [-0.2, 0) is 26.2 Å². The van der Waals surface area contributed by atoms with Crippen molar-refractivity contribution in [2.24, 2.45) is 0 Å². The Bertz CT molecular complexity index is 241. The predicted octanol–water partition coefficient (Wildman–Crippen LogP) is 2.29. The van der Waals surface area contributed by atoms with E-state index in [0.717, 1.165) is 0 Å². The molecule has 0 atom stereocenters. The third kappa shape index (κ3) is 6.14. The molecule has 0 radical (unpaired) electrons. The summed E-state index contributed by atoms with van der Waals surface area (Å²) in [5.74, 6) is 0. The van der Waals surface area contributed by atoms with Crippen LogP contribution in [0.3, 0.4) is 0 Å². The molecule has 0 N–H and O–H groups in total. The molecule has 120 valence electrons. The summed E-state index contributed by atoms with van der Waals surface area (Å²) in [7, 11) is -6.35. The van der Waals surface area contributed by atoms with Crippen LogP contribution in [0, 0.1) is 0 Å². The molecule has 0 bridgehead atoms. The van der Waals surface area contributed by atoms with Crippen LogP contribution >= 0.6 is 0 Å². The molecule has 0 amide bonds. The van der Waals surface area contributed by atoms with Gasteiger partial charge in [-0.3, -0.25) is 0 Å². The Morgan fingerprint density at radius 3 is 1.30 bits per heavy atom. The Hall–Kier alpha value is -0.0662. The second-order valence-corrected chi connectivity index (χ2v) is 8.45. The van der Waals surface area contributed by atoms with Gasteiger partial charge in [0, 0.05) is 33.0 Å². The second kappa shape index (κ2) is 10.6. The SMILES string of the molecule is C=C[Si](OCC)(OCC)O[Si](OCC)(OCC)OCC. The molecule has 20 heavy (non-hydrogen) atoms. The molecule has 0 spiro atoms. The molecule has 0 fully saturated rings. The predicted molar refractivity (Wildman–Crippen MR) is 80.9 cm³/mol. The molecular formula is C12H28O6Si2. The van der Waals surface area contributed by atoms with Crippen LogP contribution in [-0.4, -0.2) is 50.9 Å². The van der Waals surface area contributed by atoms with Crippen LogP contribution in [0.4, 0.5) is 0 Å². The van der Waals surface area contributed by atoms with Gasteiger partial charge in [-0.25, -0.2) is 0 Å². The molecule has 0 unspecified atom stereocenters. The minimum atomic E-state index is -3.29. The maximum absolute atomic E-state index is 6.03. The van der Waals surface area contributed by atoms with E-state index in [-0.39, 0.29) is 0 Å². The second-order valence-electron chi connectivity index (χ2n) is 3.57. The van der Waals surface area contributed by atoms with Gasteiger partial charge in [0.05, 0.1) is 0 Å². The minimum Gasteiger partial charge on any atom is -0.371 e. The van der Waals surface area contributed by atoms with Crippen molar-refractivity contribution >= 4 is 17.9 Å². The molecule has 8 heteroatoms. The summed E-state index contributed by atoms with van der Waals surface area (Å²) >= 11 is 0. The Morgan fingerprint density at radius 1 is 0.700 bits per heavy atom. The molecule has 0 saturated heterocycles. The van der Waals surface area contributed by atoms with Crippen molar-refractivity contribution in [3.05, 3.63) is 12.3 Å². The molecule has 0 saturated carbocycles. The lowest BCUT2D eigenvalue weighted by Gasteiger charge is -2.34. The van der Waals surface area contributed by atoms with Gasteiger partial charge in [0.25, 0.3) is 0 Å². The molecular weight excluding hydrogens is 296 g/mol. The first-order chi connectivity index (χ1) is 9.57. The first kappa shape index (κ1) is 19.9. The Morgan fingerprint density at radius 2 is 1.05 bits per heavy atom. The lowest BCUT2D eigenvalue weighted by molar-refractivity contribution is -0.0185. The monoisotopic (exact) mass is 324 g/mol. The van der Waals surface area contributed by atoms with Crippen LogP contribution in [0.5, 0.6) is 0 Å². The third-order valence-corrected chi connectivity index (χ3v) is 8.12. The summed E-state index contributed by atoms with van der Waals surface area (Å²) < 4.78 is 34.4. The molecule has 0 aromatic rings. The summed E-state index contributed by atoms with van der Waals surface area (Å²) in [6.45, 7) is 15.3. The summed E-state index contributed by atoms with van der Waals surface area (Å²) in [6, 6.07) is 0. The van der Waals surface area contributed by atoms with Gasteiger partial charge < -0.3 is 26.2 Å². The van der Waals surface area contributed by atoms with Gasteiger partial charge in [0.1, 0.15) is 0 Å². The molecule has 0 aliphatic carbocycles. The number of hydrogen-bond donors (Lipinski definition) is 0. The van der Waals surface area contributed by atoms with Crippen LogP contribution in [0.2, 0.25) is 0 Å². The zero-order chi connectivity index (χ0) is 15.5. The summed E-state index contributed by atoms with van der Waals surface area (Å²) in [4.78, 5) is 0. The van der Waals surface area contributed by atoms with Gasteiger partial charge in [0.2, 0.25) is 0 Å². The van der Waals surface area contributed by atoms with Gasteiger partial charge in [-0.2, -0.15) is 0 Å². The molecule has 0 rings (SSSR count). The van der Waals surface area contributed by atoms with E-state index < -0.39 is 17.9 Å². The molecule has 0 aliphatic heterocycles. The van der Waals surface area contributed by atoms with E-state index in [2.05, 4.69) is 6.58 Å². The topological polar surface area (TPSA) is 55.4 Å². The van der Waals surface area contributed by atoms with Crippen LogP contribution in [0.25, 0.3) is 0 Å². The summed E-state index contributed by atoms with van der Waals surface area (Å²) in [5.41, 5.74) is 1.58. The summed E-state index contributed by atoms with van der Waals surface area (Å²) in [6.07, 6.45) is 0. The van der Waals surface area contributed by atoms with Gasteiger partial charge >= 0.3 is 17.9 Å². The minimum absolute atomic E-state index is 0.423. The van der Waals surface area contributed by atoms with Crippen LogP contribution < -0.4 is 0 Å². The quantitative estimate of drug-likeness (QED) is 0.485. The molecule has 0 aromatic carbocycles. The van der Waals surface area contributed by atoms with E-state index in [4.69, 9.17) is 26.2 Å². The average Bonchev–Trinajstić information content (AvgIpc) is 2.40. The van der Waals surface area contributed by atoms with E-state index >= 15 is 0 Å². The molecule has 0 heterocycles. The standard InChI is InChI=1S/C12H28O6Si2/c1-7-13-19(12-6,14-8-2)18-20(15-9-3,16-10-4)17-11-5/h12H,6-11H2,1-5H3. The fourth-order valence-electron chi connectivity index (χ4n) is 1.58. The van der Waals surface area contributed by atoms with Crippen molar-refractivity contribution in [3.8, 4) is 0 Å². The van der Waals surface area contributed by atoms with Crippen LogP contribution in [0.15, 0.2) is 12.3 Å². The maximum Gasteiger partial charge on any atom is 0.672 e. The van der Waals surface area contributed by atoms with Gasteiger partial charge in [-0.1, -0.05) is 6.58 Å². The normalized spacial score (nSPS) is 12.7. The lowest BCUT2D eigenvalue weighted by atomic mass is 10.9. The van der Waals surface area contributed by atoms with E-state index in [0.29, 0.717) is 33.0 Å². The first-order valence-corrected chi connectivity index (χ1v) is 10.5. The molecule has 0 aliphatic rings. The van der Waals surface area contributed by atoms with Crippen molar-refractivity contribution in [3.63, 3.8) is 0 Å². The van der Waals surface area contributed by atoms with Crippen LogP contribution in [0.1, 0.15) is 34.6 Å². The highest BCUT2D eigenvalue weighted by atomic mass is 28.5. The Balaban J connectivity index is 5.25. The zero-order valence-electron chi connectivity index (χ0n) is 13.3. The smallest absolute Gasteiger partial charge is 0.371 e. The van der Waals surface area contributed by atoms with E-state index in [1.54, 1.807) is 5.70 Å². The molecule has 0 aromatic heterocycles. The Labute approximate surface area is 124 Å². The largest absolute Gasteiger partial charge is 0.672 e. The van der Waals surface area contributed by atoms with Gasteiger partial charge in [0.15, 0.2) is 0 Å². The van der Waals surface area contributed by atoms with Crippen molar-refractivity contribution in [1.29, 1.82) is 0 Å². The van der Waals surface area contributed by atoms with Gasteiger partial charge in [-0.15, -0.1) is 0 Å². The van der Waals surface area contributed by atoms with Crippen molar-refractivity contribution < 1.29 is 26.2 Å². The fourth-order valence-corrected chi connectivity index (χ4v) is 6.92. The van der Waals surface area contributed by atoms with E-state index in [1.165, 1.54) is 0 Å². The van der Waals surface area contributed by atoms with E-state index in [9.17, 15) is 0 Å². The summed E-state index contributed by atoms with van der Waals surface area (Å²) in [5, 5.41) is 0. The Kier molecular flexibility index (Phi) is 10.6. The van der Waals surface area contributed by atoms with Crippen molar-refractivity contribution in [2.75, 3.05) is 33.0 Å². The highest BCUT2D eigenvalue weighted by Crippen LogP contribution is 2.21. The number of hydrogen-bond acceptors (Lipinski definition) is 6. The lowest BCUT2D eigenvalue weighted by Crippen LogP contribution is -2.60. The van der Waals surface area contributed by atoms with Crippen molar-refractivity contribution in [1.82, 2.24) is 0 Å². The highest BCUT2D eigenvalue weighted by Gasteiger charge is 2.55. The van der Waals surface area contributed by atoms with Crippen molar-refractivity contribution in [2.45, 2.75) is 34.6 Å².